The Hall–Kier alpha value is -2.32. The summed E-state index contributed by atoms with van der Waals surface area (Å²) >= 11 is 0. The van der Waals surface area contributed by atoms with Crippen LogP contribution in [0.3, 0.4) is 0 Å². The summed E-state index contributed by atoms with van der Waals surface area (Å²) in [5.74, 6) is 0. The van der Waals surface area contributed by atoms with Crippen molar-refractivity contribution >= 4 is 16.5 Å². The van der Waals surface area contributed by atoms with E-state index in [1.807, 2.05) is 80.6 Å². The molecule has 0 heterocycles. The number of aliphatic hydroxyl groups is 1. The Morgan fingerprint density at radius 1 is 0.857 bits per heavy atom. The van der Waals surface area contributed by atoms with E-state index in [0.717, 1.165) is 21.9 Å². The van der Waals surface area contributed by atoms with E-state index in [1.165, 1.54) is 0 Å². The normalized spacial score (nSPS) is 11.6. The van der Waals surface area contributed by atoms with Crippen molar-refractivity contribution in [3.05, 3.63) is 77.9 Å². The van der Waals surface area contributed by atoms with E-state index in [1.54, 1.807) is 0 Å². The predicted octanol–water partition coefficient (Wildman–Crippen LogP) is 4.53. The van der Waals surface area contributed by atoms with Gasteiger partial charge >= 0.3 is 0 Å². The van der Waals surface area contributed by atoms with Crippen LogP contribution in [0, 0.1) is 0 Å². The van der Waals surface area contributed by atoms with Gasteiger partial charge in [0.1, 0.15) is 6.10 Å². The molecule has 0 saturated carbocycles. The Morgan fingerprint density at radius 2 is 1.52 bits per heavy atom. The van der Waals surface area contributed by atoms with Crippen molar-refractivity contribution in [1.29, 1.82) is 0 Å². The minimum Gasteiger partial charge on any atom is -0.399 e. The fourth-order valence-corrected chi connectivity index (χ4v) is 2.40. The molecular formula is C19H21NO. The summed E-state index contributed by atoms with van der Waals surface area (Å²) in [7, 11) is 0. The van der Waals surface area contributed by atoms with Gasteiger partial charge in [-0.3, -0.25) is 0 Å². The third-order valence-corrected chi connectivity index (χ3v) is 3.34. The maximum atomic E-state index is 10.6. The van der Waals surface area contributed by atoms with Crippen molar-refractivity contribution in [3.8, 4) is 0 Å². The number of benzene rings is 3. The van der Waals surface area contributed by atoms with Gasteiger partial charge in [-0.25, -0.2) is 0 Å². The van der Waals surface area contributed by atoms with Crippen LogP contribution in [0.2, 0.25) is 0 Å². The summed E-state index contributed by atoms with van der Waals surface area (Å²) in [5.41, 5.74) is 8.16. The van der Waals surface area contributed by atoms with Gasteiger partial charge in [0.2, 0.25) is 0 Å². The lowest BCUT2D eigenvalue weighted by molar-refractivity contribution is 0.222. The Morgan fingerprint density at radius 3 is 2.29 bits per heavy atom. The van der Waals surface area contributed by atoms with Crippen molar-refractivity contribution in [2.24, 2.45) is 0 Å². The van der Waals surface area contributed by atoms with Crippen LogP contribution in [0.1, 0.15) is 31.1 Å². The zero-order valence-corrected chi connectivity index (χ0v) is 12.5. The second-order valence-corrected chi connectivity index (χ2v) is 4.64. The van der Waals surface area contributed by atoms with Crippen LogP contribution < -0.4 is 5.73 Å². The third kappa shape index (κ3) is 3.23. The molecule has 108 valence electrons. The lowest BCUT2D eigenvalue weighted by atomic mass is 9.96. The number of hydrogen-bond donors (Lipinski definition) is 2. The van der Waals surface area contributed by atoms with Crippen LogP contribution in [0.25, 0.3) is 10.8 Å². The molecule has 21 heavy (non-hydrogen) atoms. The standard InChI is InChI=1S/C17H15NO.C2H6/c18-14-8-3-7-13(11-14)17(19)16-10-4-6-12-5-1-2-9-15(12)16;1-2/h1-11,17,19H,18H2;1-2H3. The lowest BCUT2D eigenvalue weighted by Gasteiger charge is -2.14. The topological polar surface area (TPSA) is 46.2 Å². The van der Waals surface area contributed by atoms with E-state index >= 15 is 0 Å². The first-order chi connectivity index (χ1) is 10.3. The molecule has 1 unspecified atom stereocenters. The summed E-state index contributed by atoms with van der Waals surface area (Å²) in [6, 6.07) is 21.4. The highest BCUT2D eigenvalue weighted by atomic mass is 16.3. The summed E-state index contributed by atoms with van der Waals surface area (Å²) in [4.78, 5) is 0. The molecule has 0 spiro atoms. The zero-order valence-electron chi connectivity index (χ0n) is 12.5. The quantitative estimate of drug-likeness (QED) is 0.677. The highest BCUT2D eigenvalue weighted by Gasteiger charge is 2.13. The first-order valence-corrected chi connectivity index (χ1v) is 7.27. The molecule has 1 atom stereocenters. The van der Waals surface area contributed by atoms with Gasteiger partial charge < -0.3 is 10.8 Å². The summed E-state index contributed by atoms with van der Waals surface area (Å²) in [6.45, 7) is 4.00. The lowest BCUT2D eigenvalue weighted by Crippen LogP contribution is -2.01. The van der Waals surface area contributed by atoms with Gasteiger partial charge in [-0.15, -0.1) is 0 Å². The second-order valence-electron chi connectivity index (χ2n) is 4.64. The van der Waals surface area contributed by atoms with Crippen molar-refractivity contribution in [1.82, 2.24) is 0 Å². The Balaban J connectivity index is 0.000000774. The number of nitrogens with two attached hydrogens (primary N) is 1. The van der Waals surface area contributed by atoms with E-state index < -0.39 is 6.10 Å². The molecule has 0 radical (unpaired) electrons. The molecular weight excluding hydrogens is 258 g/mol. The summed E-state index contributed by atoms with van der Waals surface area (Å²) < 4.78 is 0. The third-order valence-electron chi connectivity index (χ3n) is 3.34. The SMILES string of the molecule is CC.Nc1cccc(C(O)c2cccc3ccccc23)c1. The molecule has 0 aliphatic heterocycles. The largest absolute Gasteiger partial charge is 0.399 e. The smallest absolute Gasteiger partial charge is 0.105 e. The molecule has 0 fully saturated rings. The van der Waals surface area contributed by atoms with Crippen LogP contribution in [0.5, 0.6) is 0 Å². The number of anilines is 1. The summed E-state index contributed by atoms with van der Waals surface area (Å²) in [6.07, 6.45) is -0.658. The van der Waals surface area contributed by atoms with Crippen molar-refractivity contribution < 1.29 is 5.11 Å². The molecule has 2 nitrogen and oxygen atoms in total. The number of hydrogen-bond acceptors (Lipinski definition) is 2. The number of aliphatic hydroxyl groups excluding tert-OH is 1. The van der Waals surface area contributed by atoms with Crippen LogP contribution >= 0.6 is 0 Å². The molecule has 0 bridgehead atoms. The Labute approximate surface area is 125 Å². The average Bonchev–Trinajstić information content (AvgIpc) is 2.55. The first kappa shape index (κ1) is 15.1. The minimum atomic E-state index is -0.658. The van der Waals surface area contributed by atoms with Crippen molar-refractivity contribution in [3.63, 3.8) is 0 Å². The maximum absolute atomic E-state index is 10.6. The molecule has 0 amide bonds. The first-order valence-electron chi connectivity index (χ1n) is 7.27. The van der Waals surface area contributed by atoms with E-state index in [4.69, 9.17) is 5.73 Å². The molecule has 0 aliphatic rings. The van der Waals surface area contributed by atoms with Gasteiger partial charge in [0.25, 0.3) is 0 Å². The predicted molar refractivity (Wildman–Crippen MR) is 90.2 cm³/mol. The molecule has 0 aliphatic carbocycles. The van der Waals surface area contributed by atoms with Crippen LogP contribution in [0.4, 0.5) is 5.69 Å². The van der Waals surface area contributed by atoms with E-state index in [9.17, 15) is 5.11 Å². The van der Waals surface area contributed by atoms with E-state index in [2.05, 4.69) is 0 Å². The number of nitrogen functional groups attached to an aromatic ring is 1. The van der Waals surface area contributed by atoms with Crippen molar-refractivity contribution in [2.75, 3.05) is 5.73 Å². The van der Waals surface area contributed by atoms with Crippen molar-refractivity contribution in [2.45, 2.75) is 20.0 Å². The number of rotatable bonds is 2. The van der Waals surface area contributed by atoms with Gasteiger partial charge in [-0.1, -0.05) is 68.4 Å². The van der Waals surface area contributed by atoms with Crippen LogP contribution in [-0.2, 0) is 0 Å². The van der Waals surface area contributed by atoms with Gasteiger partial charge in [0.05, 0.1) is 0 Å². The second kappa shape index (κ2) is 6.91. The van der Waals surface area contributed by atoms with Gasteiger partial charge in [-0.2, -0.15) is 0 Å². The highest BCUT2D eigenvalue weighted by molar-refractivity contribution is 5.86. The van der Waals surface area contributed by atoms with Crippen LogP contribution in [-0.4, -0.2) is 5.11 Å². The Bertz CT molecular complexity index is 716. The van der Waals surface area contributed by atoms with E-state index in [0.29, 0.717) is 5.69 Å². The molecule has 3 rings (SSSR count). The fraction of sp³-hybridized carbons (Fsp3) is 0.158. The maximum Gasteiger partial charge on any atom is 0.105 e. The van der Waals surface area contributed by atoms with Gasteiger partial charge in [0.15, 0.2) is 0 Å². The van der Waals surface area contributed by atoms with Gasteiger partial charge in [0, 0.05) is 5.69 Å². The molecule has 2 heteroatoms. The minimum absolute atomic E-state index is 0.658. The fourth-order valence-electron chi connectivity index (χ4n) is 2.40. The molecule has 0 saturated heterocycles. The zero-order chi connectivity index (χ0) is 15.2. The molecule has 3 aromatic carbocycles. The average molecular weight is 279 g/mol. The molecule has 3 aromatic rings. The van der Waals surface area contributed by atoms with Crippen LogP contribution in [0.15, 0.2) is 66.7 Å². The van der Waals surface area contributed by atoms with Gasteiger partial charge in [-0.05, 0) is 34.0 Å². The number of fused-ring (bicyclic) bond motifs is 1. The highest BCUT2D eigenvalue weighted by Crippen LogP contribution is 2.29. The molecule has 3 N–H and O–H groups in total. The monoisotopic (exact) mass is 279 g/mol. The summed E-state index contributed by atoms with van der Waals surface area (Å²) in [5, 5.41) is 12.8. The Kier molecular flexibility index (Phi) is 4.96. The molecule has 0 aromatic heterocycles. The van der Waals surface area contributed by atoms with E-state index in [-0.39, 0.29) is 0 Å².